The fraction of sp³-hybridized carbons (Fsp3) is 0.500. The summed E-state index contributed by atoms with van der Waals surface area (Å²) < 4.78 is 35.9. The molecule has 1 unspecified atom stereocenters. The van der Waals surface area contributed by atoms with E-state index in [2.05, 4.69) is 0 Å². The second-order valence-corrected chi connectivity index (χ2v) is 4.11. The normalized spacial score (nSPS) is 15.8. The van der Waals surface area contributed by atoms with Gasteiger partial charge in [-0.05, 0) is 25.3 Å². The van der Waals surface area contributed by atoms with Crippen molar-refractivity contribution in [3.63, 3.8) is 0 Å². The van der Waals surface area contributed by atoms with Crippen molar-refractivity contribution in [1.82, 2.24) is 0 Å². The Labute approximate surface area is 92.9 Å². The highest BCUT2D eigenvalue weighted by atomic mass is 19.4. The second-order valence-electron chi connectivity index (χ2n) is 4.11. The summed E-state index contributed by atoms with van der Waals surface area (Å²) in [6.45, 7) is 1.54. The van der Waals surface area contributed by atoms with Crippen LogP contribution in [-0.4, -0.2) is 11.3 Å². The van der Waals surface area contributed by atoms with Gasteiger partial charge in [0.05, 0.1) is 5.60 Å². The van der Waals surface area contributed by atoms with E-state index in [0.717, 1.165) is 0 Å². The third-order valence-electron chi connectivity index (χ3n) is 2.52. The number of halogens is 3. The zero-order valence-electron chi connectivity index (χ0n) is 9.09. The molecule has 0 heterocycles. The molecule has 0 aliphatic carbocycles. The Hall–Kier alpha value is -1.03. The number of alkyl halides is 3. The van der Waals surface area contributed by atoms with Crippen molar-refractivity contribution >= 4 is 0 Å². The Morgan fingerprint density at radius 2 is 1.62 bits per heavy atom. The Kier molecular flexibility index (Phi) is 3.97. The molecule has 90 valence electrons. The number of hydrogen-bond donors (Lipinski definition) is 1. The van der Waals surface area contributed by atoms with Crippen LogP contribution in [0.4, 0.5) is 13.2 Å². The van der Waals surface area contributed by atoms with Crippen molar-refractivity contribution in [2.24, 2.45) is 0 Å². The third-order valence-corrected chi connectivity index (χ3v) is 2.52. The minimum Gasteiger partial charge on any atom is -0.385 e. The summed E-state index contributed by atoms with van der Waals surface area (Å²) in [6, 6.07) is 8.75. The Balaban J connectivity index is 2.53. The van der Waals surface area contributed by atoms with Crippen LogP contribution in [0.1, 0.15) is 31.7 Å². The lowest BCUT2D eigenvalue weighted by Crippen LogP contribution is -2.21. The average Bonchev–Trinajstić information content (AvgIpc) is 2.17. The predicted octanol–water partition coefficient (Wildman–Crippen LogP) is 3.63. The fourth-order valence-electron chi connectivity index (χ4n) is 1.57. The number of rotatable bonds is 4. The first-order valence-electron chi connectivity index (χ1n) is 5.16. The minimum atomic E-state index is -4.15. The molecule has 0 aliphatic heterocycles. The maximum atomic E-state index is 12.0. The van der Waals surface area contributed by atoms with Crippen molar-refractivity contribution in [2.45, 2.75) is 38.0 Å². The molecule has 1 atom stereocenters. The fourth-order valence-corrected chi connectivity index (χ4v) is 1.57. The molecular formula is C12H15F3O. The predicted molar refractivity (Wildman–Crippen MR) is 55.9 cm³/mol. The molecular weight excluding hydrogens is 217 g/mol. The lowest BCUT2D eigenvalue weighted by Gasteiger charge is -2.24. The van der Waals surface area contributed by atoms with Crippen LogP contribution in [-0.2, 0) is 5.60 Å². The van der Waals surface area contributed by atoms with Gasteiger partial charge in [0.15, 0.2) is 0 Å². The van der Waals surface area contributed by atoms with Crippen LogP contribution in [0.5, 0.6) is 0 Å². The van der Waals surface area contributed by atoms with E-state index in [1.807, 2.05) is 0 Å². The lowest BCUT2D eigenvalue weighted by atomic mass is 9.90. The van der Waals surface area contributed by atoms with E-state index in [9.17, 15) is 18.3 Å². The summed E-state index contributed by atoms with van der Waals surface area (Å²) in [7, 11) is 0. The van der Waals surface area contributed by atoms with Gasteiger partial charge >= 0.3 is 6.18 Å². The summed E-state index contributed by atoms with van der Waals surface area (Å²) in [5.41, 5.74) is -0.538. The molecule has 0 spiro atoms. The van der Waals surface area contributed by atoms with Crippen LogP contribution in [0.2, 0.25) is 0 Å². The van der Waals surface area contributed by atoms with Gasteiger partial charge in [-0.25, -0.2) is 0 Å². The van der Waals surface area contributed by atoms with Crippen molar-refractivity contribution < 1.29 is 18.3 Å². The van der Waals surface area contributed by atoms with E-state index in [-0.39, 0.29) is 12.8 Å². The van der Waals surface area contributed by atoms with Gasteiger partial charge in [-0.2, -0.15) is 13.2 Å². The maximum absolute atomic E-state index is 12.0. The first kappa shape index (κ1) is 13.0. The molecule has 1 N–H and O–H groups in total. The highest BCUT2D eigenvalue weighted by molar-refractivity contribution is 5.21. The summed E-state index contributed by atoms with van der Waals surface area (Å²) >= 11 is 0. The minimum absolute atomic E-state index is 0.0641. The molecule has 0 amide bonds. The van der Waals surface area contributed by atoms with Gasteiger partial charge in [-0.15, -0.1) is 0 Å². The van der Waals surface area contributed by atoms with Gasteiger partial charge < -0.3 is 5.11 Å². The smallest absolute Gasteiger partial charge is 0.385 e. The number of hydrogen-bond acceptors (Lipinski definition) is 1. The van der Waals surface area contributed by atoms with Crippen LogP contribution in [0.3, 0.4) is 0 Å². The molecule has 0 fully saturated rings. The van der Waals surface area contributed by atoms with E-state index in [0.29, 0.717) is 5.56 Å². The Morgan fingerprint density at radius 3 is 2.12 bits per heavy atom. The second kappa shape index (κ2) is 4.87. The van der Waals surface area contributed by atoms with Gasteiger partial charge in [0, 0.05) is 6.42 Å². The van der Waals surface area contributed by atoms with Crippen LogP contribution < -0.4 is 0 Å². The molecule has 0 saturated carbocycles. The quantitative estimate of drug-likeness (QED) is 0.840. The monoisotopic (exact) mass is 232 g/mol. The zero-order valence-corrected chi connectivity index (χ0v) is 9.09. The first-order chi connectivity index (χ1) is 7.31. The van der Waals surface area contributed by atoms with Crippen LogP contribution in [0.15, 0.2) is 30.3 Å². The first-order valence-corrected chi connectivity index (χ1v) is 5.16. The largest absolute Gasteiger partial charge is 0.389 e. The maximum Gasteiger partial charge on any atom is 0.389 e. The van der Waals surface area contributed by atoms with E-state index >= 15 is 0 Å². The van der Waals surface area contributed by atoms with Crippen molar-refractivity contribution in [3.05, 3.63) is 35.9 Å². The van der Waals surface area contributed by atoms with E-state index < -0.39 is 18.2 Å². The molecule has 0 aromatic heterocycles. The average molecular weight is 232 g/mol. The van der Waals surface area contributed by atoms with Crippen LogP contribution >= 0.6 is 0 Å². The van der Waals surface area contributed by atoms with E-state index in [1.165, 1.54) is 0 Å². The molecule has 4 heteroatoms. The molecule has 0 radical (unpaired) electrons. The summed E-state index contributed by atoms with van der Waals surface area (Å²) in [4.78, 5) is 0. The third kappa shape index (κ3) is 4.23. The Morgan fingerprint density at radius 1 is 1.06 bits per heavy atom. The number of benzene rings is 1. The molecule has 0 saturated heterocycles. The van der Waals surface area contributed by atoms with Crippen molar-refractivity contribution in [3.8, 4) is 0 Å². The highest BCUT2D eigenvalue weighted by Crippen LogP contribution is 2.29. The molecule has 0 bridgehead atoms. The molecule has 0 aliphatic rings. The molecule has 1 aromatic carbocycles. The number of aliphatic hydroxyl groups is 1. The van der Waals surface area contributed by atoms with Crippen molar-refractivity contribution in [1.29, 1.82) is 0 Å². The zero-order chi connectivity index (χ0) is 12.2. The topological polar surface area (TPSA) is 20.2 Å². The molecule has 1 aromatic rings. The lowest BCUT2D eigenvalue weighted by molar-refractivity contribution is -0.137. The molecule has 16 heavy (non-hydrogen) atoms. The van der Waals surface area contributed by atoms with Gasteiger partial charge in [-0.1, -0.05) is 30.3 Å². The van der Waals surface area contributed by atoms with Crippen molar-refractivity contribution in [2.75, 3.05) is 0 Å². The summed E-state index contributed by atoms with van der Waals surface area (Å²) in [5.74, 6) is 0. The van der Waals surface area contributed by atoms with Crippen LogP contribution in [0, 0.1) is 0 Å². The SMILES string of the molecule is CC(O)(CCCC(F)(F)F)c1ccccc1. The summed E-state index contributed by atoms with van der Waals surface area (Å²) in [5, 5.41) is 10.0. The highest BCUT2D eigenvalue weighted by Gasteiger charge is 2.29. The van der Waals surface area contributed by atoms with E-state index in [4.69, 9.17) is 0 Å². The van der Waals surface area contributed by atoms with Gasteiger partial charge in [0.2, 0.25) is 0 Å². The van der Waals surface area contributed by atoms with Gasteiger partial charge in [-0.3, -0.25) is 0 Å². The molecule has 1 rings (SSSR count). The van der Waals surface area contributed by atoms with Gasteiger partial charge in [0.25, 0.3) is 0 Å². The summed E-state index contributed by atoms with van der Waals surface area (Å²) in [6.07, 6.45) is -4.95. The van der Waals surface area contributed by atoms with Gasteiger partial charge in [0.1, 0.15) is 0 Å². The molecule has 1 nitrogen and oxygen atoms in total. The van der Waals surface area contributed by atoms with E-state index in [1.54, 1.807) is 37.3 Å². The standard InChI is InChI=1S/C12H15F3O/c1-11(16,8-5-9-12(13,14)15)10-6-3-2-4-7-10/h2-4,6-7,16H,5,8-9H2,1H3. The van der Waals surface area contributed by atoms with Crippen LogP contribution in [0.25, 0.3) is 0 Å². The Bertz CT molecular complexity index is 317.